The fourth-order valence-corrected chi connectivity index (χ4v) is 2.94. The standard InChI is InChI=1S/C13H11N2.Ir/c1-2-6-10(7-3-1)13-14-11-8-4-5-9-12(11)15-13;/h1-9,14-15H;. The molecule has 0 unspecified atom stereocenters. The number of hydrogen-bond donors (Lipinski definition) is 2. The van der Waals surface area contributed by atoms with E-state index < -0.39 is 0 Å². The van der Waals surface area contributed by atoms with Crippen molar-refractivity contribution in [3.8, 4) is 0 Å². The third kappa shape index (κ3) is 1.53. The Morgan fingerprint density at radius 1 is 0.750 bits per heavy atom. The number of nitrogens with one attached hydrogen (secondary N) is 2. The van der Waals surface area contributed by atoms with E-state index in [1.165, 1.54) is 5.56 Å². The summed E-state index contributed by atoms with van der Waals surface area (Å²) in [6.07, 6.45) is 0. The summed E-state index contributed by atoms with van der Waals surface area (Å²) in [7, 11) is 0. The molecule has 0 spiro atoms. The van der Waals surface area contributed by atoms with Gasteiger partial charge in [-0.05, 0) is 0 Å². The Morgan fingerprint density at radius 3 is 1.81 bits per heavy atom. The van der Waals surface area contributed by atoms with Crippen LogP contribution < -0.4 is 10.6 Å². The van der Waals surface area contributed by atoms with Crippen LogP contribution in [0.1, 0.15) is 5.56 Å². The summed E-state index contributed by atoms with van der Waals surface area (Å²) in [5.74, 6) is 0. The number of fused-ring (bicyclic) bond motifs is 1. The molecule has 2 nitrogen and oxygen atoms in total. The Bertz CT molecular complexity index is 485. The molecule has 0 saturated carbocycles. The van der Waals surface area contributed by atoms with Crippen molar-refractivity contribution in [2.24, 2.45) is 0 Å². The van der Waals surface area contributed by atoms with E-state index in [9.17, 15) is 0 Å². The first-order valence-electron chi connectivity index (χ1n) is 5.15. The van der Waals surface area contributed by atoms with Gasteiger partial charge in [-0.1, -0.05) is 0 Å². The van der Waals surface area contributed by atoms with Gasteiger partial charge in [0.15, 0.2) is 0 Å². The van der Waals surface area contributed by atoms with Gasteiger partial charge in [-0.3, -0.25) is 0 Å². The first-order chi connectivity index (χ1) is 7.78. The predicted molar refractivity (Wildman–Crippen MR) is 61.8 cm³/mol. The van der Waals surface area contributed by atoms with Gasteiger partial charge in [0.1, 0.15) is 0 Å². The molecule has 16 heavy (non-hydrogen) atoms. The van der Waals surface area contributed by atoms with E-state index >= 15 is 0 Å². The molecule has 2 aromatic carbocycles. The van der Waals surface area contributed by atoms with Crippen LogP contribution in [0.2, 0.25) is 0 Å². The average molecular weight is 387 g/mol. The van der Waals surface area contributed by atoms with Crippen molar-refractivity contribution in [1.82, 2.24) is 0 Å². The maximum absolute atomic E-state index is 3.52. The summed E-state index contributed by atoms with van der Waals surface area (Å²) >= 11 is 2.16. The number of anilines is 2. The maximum atomic E-state index is 3.52. The third-order valence-electron chi connectivity index (χ3n) is 2.69. The molecular formula is C13H11IrN2. The van der Waals surface area contributed by atoms with Gasteiger partial charge in [0.05, 0.1) is 0 Å². The van der Waals surface area contributed by atoms with Gasteiger partial charge in [0, 0.05) is 0 Å². The second-order valence-electron chi connectivity index (χ2n) is 3.79. The van der Waals surface area contributed by atoms with Crippen molar-refractivity contribution in [3.63, 3.8) is 0 Å². The van der Waals surface area contributed by atoms with Gasteiger partial charge in [-0.25, -0.2) is 0 Å². The van der Waals surface area contributed by atoms with Crippen molar-refractivity contribution < 1.29 is 18.9 Å². The molecule has 3 heteroatoms. The van der Waals surface area contributed by atoms with Gasteiger partial charge >= 0.3 is 105 Å². The Morgan fingerprint density at radius 2 is 1.25 bits per heavy atom. The van der Waals surface area contributed by atoms with Crippen LogP contribution in [0.5, 0.6) is 0 Å². The zero-order valence-electron chi connectivity index (χ0n) is 8.53. The molecule has 1 aliphatic heterocycles. The molecule has 0 atom stereocenters. The molecule has 0 fully saturated rings. The predicted octanol–water partition coefficient (Wildman–Crippen LogP) is 2.88. The van der Waals surface area contributed by atoms with Gasteiger partial charge in [-0.2, -0.15) is 0 Å². The van der Waals surface area contributed by atoms with E-state index in [2.05, 4.69) is 65.9 Å². The fourth-order valence-electron chi connectivity index (χ4n) is 1.90. The van der Waals surface area contributed by atoms with E-state index in [-0.39, 0.29) is 4.18 Å². The Kier molecular flexibility index (Phi) is 2.23. The van der Waals surface area contributed by atoms with Gasteiger partial charge in [0.25, 0.3) is 0 Å². The summed E-state index contributed by atoms with van der Waals surface area (Å²) in [5, 5.41) is 7.03. The van der Waals surface area contributed by atoms with E-state index in [1.54, 1.807) is 0 Å². The van der Waals surface area contributed by atoms with E-state index in [0.29, 0.717) is 0 Å². The van der Waals surface area contributed by atoms with Gasteiger partial charge in [0.2, 0.25) is 0 Å². The van der Waals surface area contributed by atoms with Gasteiger partial charge < -0.3 is 0 Å². The van der Waals surface area contributed by atoms with E-state index in [1.807, 2.05) is 18.2 Å². The Labute approximate surface area is 105 Å². The normalized spacial score (nSPS) is 16.1. The van der Waals surface area contributed by atoms with Crippen LogP contribution in [-0.2, 0) is 23.1 Å². The second kappa shape index (κ2) is 3.62. The number of benzene rings is 2. The van der Waals surface area contributed by atoms with Crippen molar-refractivity contribution >= 4 is 11.4 Å². The van der Waals surface area contributed by atoms with Crippen molar-refractivity contribution in [1.29, 1.82) is 0 Å². The topological polar surface area (TPSA) is 24.1 Å². The molecular weight excluding hydrogens is 376 g/mol. The molecule has 0 aromatic heterocycles. The zero-order chi connectivity index (χ0) is 11.0. The third-order valence-corrected chi connectivity index (χ3v) is 3.98. The van der Waals surface area contributed by atoms with Crippen molar-refractivity contribution in [2.45, 2.75) is 4.18 Å². The van der Waals surface area contributed by atoms with Gasteiger partial charge in [-0.15, -0.1) is 0 Å². The fraction of sp³-hybridized carbons (Fsp3) is 0.0769. The average Bonchev–Trinajstić information content (AvgIpc) is 2.68. The summed E-state index contributed by atoms with van der Waals surface area (Å²) in [6, 6.07) is 18.7. The quantitative estimate of drug-likeness (QED) is 0.786. The number of para-hydroxylation sites is 2. The molecule has 0 aliphatic carbocycles. The molecule has 0 saturated heterocycles. The summed E-state index contributed by atoms with van der Waals surface area (Å²) in [5.41, 5.74) is 3.56. The Balaban J connectivity index is 2.01. The SMILES string of the molecule is [Ir][C]1(c2ccccc2)Nc2ccccc2N1. The first-order valence-corrected chi connectivity index (χ1v) is 6.35. The van der Waals surface area contributed by atoms with Crippen molar-refractivity contribution in [3.05, 3.63) is 60.2 Å². The van der Waals surface area contributed by atoms with E-state index in [4.69, 9.17) is 0 Å². The molecule has 1 heterocycles. The van der Waals surface area contributed by atoms with Crippen LogP contribution in [0.15, 0.2) is 54.6 Å². The van der Waals surface area contributed by atoms with Crippen molar-refractivity contribution in [2.75, 3.05) is 10.6 Å². The minimum absolute atomic E-state index is 0.203. The van der Waals surface area contributed by atoms with Crippen LogP contribution in [0, 0.1) is 0 Å². The molecule has 2 N–H and O–H groups in total. The Hall–Kier alpha value is -1.31. The molecule has 1 aliphatic rings. The van der Waals surface area contributed by atoms with E-state index in [0.717, 1.165) is 11.4 Å². The summed E-state index contributed by atoms with van der Waals surface area (Å²) in [4.78, 5) is 0. The van der Waals surface area contributed by atoms with Crippen LogP contribution in [-0.4, -0.2) is 0 Å². The molecule has 2 aromatic rings. The second-order valence-corrected chi connectivity index (χ2v) is 5.58. The monoisotopic (exact) mass is 388 g/mol. The number of rotatable bonds is 1. The summed E-state index contributed by atoms with van der Waals surface area (Å²) < 4.78 is -0.203. The molecule has 0 bridgehead atoms. The van der Waals surface area contributed by atoms with Crippen LogP contribution >= 0.6 is 0 Å². The summed E-state index contributed by atoms with van der Waals surface area (Å²) in [6.45, 7) is 0. The molecule has 3 rings (SSSR count). The first kappa shape index (κ1) is 9.88. The van der Waals surface area contributed by atoms with Crippen LogP contribution in [0.25, 0.3) is 0 Å². The van der Waals surface area contributed by atoms with Crippen LogP contribution in [0.3, 0.4) is 0 Å². The minimum atomic E-state index is -0.203. The number of hydrogen-bond acceptors (Lipinski definition) is 2. The molecule has 82 valence electrons. The zero-order valence-corrected chi connectivity index (χ0v) is 10.9. The molecule has 0 amide bonds. The molecule has 0 radical (unpaired) electrons. The van der Waals surface area contributed by atoms with Crippen LogP contribution in [0.4, 0.5) is 11.4 Å².